The van der Waals surface area contributed by atoms with Gasteiger partial charge in [-0.1, -0.05) is 30.0 Å². The highest BCUT2D eigenvalue weighted by molar-refractivity contribution is 5.34. The van der Waals surface area contributed by atoms with Crippen molar-refractivity contribution in [3.63, 3.8) is 0 Å². The number of hydrogen-bond donors (Lipinski definition) is 2. The SMILES string of the molecule is C[C@@H](N)C(O)C#Cc1ccccc1. The van der Waals surface area contributed by atoms with E-state index in [9.17, 15) is 5.11 Å². The number of rotatable bonds is 1. The van der Waals surface area contributed by atoms with Gasteiger partial charge in [0.15, 0.2) is 0 Å². The van der Waals surface area contributed by atoms with Crippen LogP contribution in [0.25, 0.3) is 0 Å². The lowest BCUT2D eigenvalue weighted by atomic mass is 10.2. The van der Waals surface area contributed by atoms with Crippen LogP contribution in [0, 0.1) is 11.8 Å². The topological polar surface area (TPSA) is 46.2 Å². The maximum Gasteiger partial charge on any atom is 0.129 e. The molecule has 2 heteroatoms. The highest BCUT2D eigenvalue weighted by Crippen LogP contribution is 1.95. The fraction of sp³-hybridized carbons (Fsp3) is 0.273. The van der Waals surface area contributed by atoms with E-state index in [1.807, 2.05) is 30.3 Å². The number of aliphatic hydroxyl groups is 1. The fourth-order valence-electron chi connectivity index (χ4n) is 0.810. The molecule has 68 valence electrons. The van der Waals surface area contributed by atoms with E-state index in [-0.39, 0.29) is 6.04 Å². The number of nitrogens with two attached hydrogens (primary N) is 1. The second kappa shape index (κ2) is 4.66. The van der Waals surface area contributed by atoms with Crippen molar-refractivity contribution in [3.05, 3.63) is 35.9 Å². The summed E-state index contributed by atoms with van der Waals surface area (Å²) in [4.78, 5) is 0. The van der Waals surface area contributed by atoms with Gasteiger partial charge >= 0.3 is 0 Å². The first-order chi connectivity index (χ1) is 6.20. The van der Waals surface area contributed by atoms with Gasteiger partial charge in [-0.05, 0) is 19.1 Å². The molecule has 0 saturated heterocycles. The number of hydrogen-bond acceptors (Lipinski definition) is 2. The molecule has 0 heterocycles. The molecule has 0 bridgehead atoms. The van der Waals surface area contributed by atoms with E-state index < -0.39 is 6.10 Å². The van der Waals surface area contributed by atoms with Crippen LogP contribution in [0.3, 0.4) is 0 Å². The van der Waals surface area contributed by atoms with E-state index in [0.29, 0.717) is 0 Å². The predicted octanol–water partition coefficient (Wildman–Crippen LogP) is 0.746. The van der Waals surface area contributed by atoms with Gasteiger partial charge in [-0.25, -0.2) is 0 Å². The molecule has 0 aliphatic heterocycles. The first-order valence-electron chi connectivity index (χ1n) is 4.20. The fourth-order valence-corrected chi connectivity index (χ4v) is 0.810. The van der Waals surface area contributed by atoms with Crippen LogP contribution in [-0.4, -0.2) is 17.3 Å². The molecule has 1 aromatic carbocycles. The normalized spacial score (nSPS) is 14.1. The summed E-state index contributed by atoms with van der Waals surface area (Å²) in [5, 5.41) is 9.29. The first-order valence-corrected chi connectivity index (χ1v) is 4.20. The molecule has 13 heavy (non-hydrogen) atoms. The Morgan fingerprint density at radius 3 is 2.46 bits per heavy atom. The lowest BCUT2D eigenvalue weighted by Crippen LogP contribution is -2.29. The molecule has 1 rings (SSSR count). The summed E-state index contributed by atoms with van der Waals surface area (Å²) in [5.74, 6) is 5.52. The highest BCUT2D eigenvalue weighted by Gasteiger charge is 2.03. The quantitative estimate of drug-likeness (QED) is 0.618. The first kappa shape index (κ1) is 9.79. The van der Waals surface area contributed by atoms with Gasteiger partial charge in [0.2, 0.25) is 0 Å². The average molecular weight is 175 g/mol. The smallest absolute Gasteiger partial charge is 0.129 e. The zero-order chi connectivity index (χ0) is 9.68. The maximum atomic E-state index is 9.29. The van der Waals surface area contributed by atoms with Gasteiger partial charge in [0.05, 0.1) is 0 Å². The Labute approximate surface area is 78.4 Å². The van der Waals surface area contributed by atoms with Crippen molar-refractivity contribution >= 4 is 0 Å². The second-order valence-corrected chi connectivity index (χ2v) is 2.94. The van der Waals surface area contributed by atoms with Gasteiger partial charge in [-0.2, -0.15) is 0 Å². The number of aliphatic hydroxyl groups excluding tert-OH is 1. The van der Waals surface area contributed by atoms with Crippen LogP contribution in [0.15, 0.2) is 30.3 Å². The summed E-state index contributed by atoms with van der Waals surface area (Å²) in [6.45, 7) is 1.73. The van der Waals surface area contributed by atoms with Gasteiger partial charge in [0, 0.05) is 11.6 Å². The van der Waals surface area contributed by atoms with Crippen LogP contribution < -0.4 is 5.73 Å². The van der Waals surface area contributed by atoms with Crippen molar-refractivity contribution in [2.45, 2.75) is 19.1 Å². The Balaban J connectivity index is 2.68. The molecule has 0 radical (unpaired) electrons. The van der Waals surface area contributed by atoms with Gasteiger partial charge < -0.3 is 10.8 Å². The van der Waals surface area contributed by atoms with Crippen LogP contribution >= 0.6 is 0 Å². The molecule has 1 unspecified atom stereocenters. The zero-order valence-electron chi connectivity index (χ0n) is 7.57. The van der Waals surface area contributed by atoms with E-state index in [1.54, 1.807) is 6.92 Å². The molecule has 0 saturated carbocycles. The van der Waals surface area contributed by atoms with Gasteiger partial charge in [0.1, 0.15) is 6.10 Å². The van der Waals surface area contributed by atoms with E-state index >= 15 is 0 Å². The van der Waals surface area contributed by atoms with Crippen LogP contribution in [-0.2, 0) is 0 Å². The second-order valence-electron chi connectivity index (χ2n) is 2.94. The Bertz CT molecular complexity index is 308. The summed E-state index contributed by atoms with van der Waals surface area (Å²) in [6.07, 6.45) is -0.750. The summed E-state index contributed by atoms with van der Waals surface area (Å²) in [7, 11) is 0. The van der Waals surface area contributed by atoms with E-state index in [1.165, 1.54) is 0 Å². The van der Waals surface area contributed by atoms with Crippen molar-refractivity contribution in [2.24, 2.45) is 5.73 Å². The standard InChI is InChI=1S/C11H13NO/c1-9(12)11(13)8-7-10-5-3-2-4-6-10/h2-6,9,11,13H,12H2,1H3/t9-,11?/m1/s1. The molecule has 2 atom stereocenters. The molecule has 2 nitrogen and oxygen atoms in total. The van der Waals surface area contributed by atoms with Crippen LogP contribution in [0.5, 0.6) is 0 Å². The summed E-state index contributed by atoms with van der Waals surface area (Å²) < 4.78 is 0. The van der Waals surface area contributed by atoms with E-state index in [0.717, 1.165) is 5.56 Å². The minimum atomic E-state index is -0.750. The van der Waals surface area contributed by atoms with Crippen LogP contribution in [0.2, 0.25) is 0 Å². The predicted molar refractivity (Wildman–Crippen MR) is 53.0 cm³/mol. The van der Waals surface area contributed by atoms with Crippen LogP contribution in [0.1, 0.15) is 12.5 Å². The van der Waals surface area contributed by atoms with E-state index in [4.69, 9.17) is 5.73 Å². The van der Waals surface area contributed by atoms with E-state index in [2.05, 4.69) is 11.8 Å². The molecular formula is C11H13NO. The van der Waals surface area contributed by atoms with Crippen molar-refractivity contribution in [1.82, 2.24) is 0 Å². The minimum Gasteiger partial charge on any atom is -0.379 e. The van der Waals surface area contributed by atoms with Gasteiger partial charge in [0.25, 0.3) is 0 Å². The molecule has 0 spiro atoms. The van der Waals surface area contributed by atoms with Gasteiger partial charge in [-0.3, -0.25) is 0 Å². The molecule has 0 aromatic heterocycles. The largest absolute Gasteiger partial charge is 0.379 e. The Morgan fingerprint density at radius 1 is 1.31 bits per heavy atom. The van der Waals surface area contributed by atoms with Crippen LogP contribution in [0.4, 0.5) is 0 Å². The average Bonchev–Trinajstić information content (AvgIpc) is 2.15. The Hall–Kier alpha value is -1.30. The monoisotopic (exact) mass is 175 g/mol. The number of benzene rings is 1. The minimum absolute atomic E-state index is 0.309. The summed E-state index contributed by atoms with van der Waals surface area (Å²) in [6, 6.07) is 9.20. The zero-order valence-corrected chi connectivity index (χ0v) is 7.57. The summed E-state index contributed by atoms with van der Waals surface area (Å²) in [5.41, 5.74) is 6.34. The molecule has 0 amide bonds. The maximum absolute atomic E-state index is 9.29. The Morgan fingerprint density at radius 2 is 1.92 bits per heavy atom. The highest BCUT2D eigenvalue weighted by atomic mass is 16.3. The van der Waals surface area contributed by atoms with Crippen molar-refractivity contribution in [1.29, 1.82) is 0 Å². The third-order valence-corrected chi connectivity index (χ3v) is 1.64. The Kier molecular flexibility index (Phi) is 3.51. The lowest BCUT2D eigenvalue weighted by Gasteiger charge is -2.05. The molecule has 3 N–H and O–H groups in total. The molecule has 1 aromatic rings. The third kappa shape index (κ3) is 3.29. The molecule has 0 aliphatic rings. The molecular weight excluding hydrogens is 162 g/mol. The van der Waals surface area contributed by atoms with Crippen molar-refractivity contribution < 1.29 is 5.11 Å². The molecule has 0 aliphatic carbocycles. The third-order valence-electron chi connectivity index (χ3n) is 1.64. The van der Waals surface area contributed by atoms with Gasteiger partial charge in [-0.15, -0.1) is 0 Å². The lowest BCUT2D eigenvalue weighted by molar-refractivity contribution is 0.207. The van der Waals surface area contributed by atoms with Crippen molar-refractivity contribution in [2.75, 3.05) is 0 Å². The van der Waals surface area contributed by atoms with Crippen molar-refractivity contribution in [3.8, 4) is 11.8 Å². The summed E-state index contributed by atoms with van der Waals surface area (Å²) >= 11 is 0. The molecule has 0 fully saturated rings.